The lowest BCUT2D eigenvalue weighted by atomic mass is 10.2. The topological polar surface area (TPSA) is 79.2 Å². The second-order valence-electron chi connectivity index (χ2n) is 7.81. The van der Waals surface area contributed by atoms with Crippen LogP contribution in [0.15, 0.2) is 48.5 Å². The van der Waals surface area contributed by atoms with E-state index in [4.69, 9.17) is 11.6 Å². The molecule has 9 heteroatoms. The molecule has 1 saturated heterocycles. The number of piperazine rings is 1. The van der Waals surface area contributed by atoms with Crippen LogP contribution in [0, 0.1) is 0 Å². The number of tetrazole rings is 1. The summed E-state index contributed by atoms with van der Waals surface area (Å²) in [5, 5.41) is 16.2. The number of hydrogen-bond acceptors (Lipinski definition) is 6. The van der Waals surface area contributed by atoms with Crippen LogP contribution in [0.2, 0.25) is 5.02 Å². The number of nitrogens with one attached hydrogen (secondary N) is 1. The molecule has 32 heavy (non-hydrogen) atoms. The van der Waals surface area contributed by atoms with E-state index in [0.29, 0.717) is 30.2 Å². The van der Waals surface area contributed by atoms with Crippen LogP contribution >= 0.6 is 11.6 Å². The third-order valence-corrected chi connectivity index (χ3v) is 5.87. The molecule has 2 heterocycles. The van der Waals surface area contributed by atoms with Crippen LogP contribution in [0.25, 0.3) is 11.4 Å². The zero-order chi connectivity index (χ0) is 22.3. The van der Waals surface area contributed by atoms with E-state index in [0.717, 1.165) is 49.7 Å². The molecular weight excluding hydrogens is 426 g/mol. The fraction of sp³-hybridized carbons (Fsp3) is 0.391. The quantitative estimate of drug-likeness (QED) is 0.561. The fourth-order valence-electron chi connectivity index (χ4n) is 3.82. The number of likely N-dealkylation sites (N-methyl/N-ethyl adjacent to an activating group) is 1. The number of amides is 1. The highest BCUT2D eigenvalue weighted by Crippen LogP contribution is 2.30. The Morgan fingerprint density at radius 3 is 2.62 bits per heavy atom. The van der Waals surface area contributed by atoms with Gasteiger partial charge in [-0.1, -0.05) is 48.9 Å². The van der Waals surface area contributed by atoms with Gasteiger partial charge in [-0.25, -0.2) is 0 Å². The Hall–Kier alpha value is -2.97. The Kier molecular flexibility index (Phi) is 7.34. The molecule has 1 aromatic heterocycles. The maximum atomic E-state index is 12.6. The van der Waals surface area contributed by atoms with Crippen molar-refractivity contribution in [3.05, 3.63) is 53.6 Å². The van der Waals surface area contributed by atoms with Gasteiger partial charge in [0.2, 0.25) is 11.7 Å². The molecule has 0 saturated carbocycles. The number of carbonyl (C=O) groups excluding carboxylic acids is 1. The number of hydrogen-bond donors (Lipinski definition) is 1. The number of rotatable bonds is 8. The highest BCUT2D eigenvalue weighted by Gasteiger charge is 2.19. The summed E-state index contributed by atoms with van der Waals surface area (Å²) in [6.45, 7) is 7.66. The largest absolute Gasteiger partial charge is 0.367 e. The summed E-state index contributed by atoms with van der Waals surface area (Å²) >= 11 is 6.22. The Morgan fingerprint density at radius 1 is 1.09 bits per heavy atom. The van der Waals surface area contributed by atoms with Gasteiger partial charge in [0.25, 0.3) is 0 Å². The number of anilines is 2. The molecule has 0 radical (unpaired) electrons. The van der Waals surface area contributed by atoms with E-state index in [-0.39, 0.29) is 5.91 Å². The van der Waals surface area contributed by atoms with Gasteiger partial charge in [0, 0.05) is 43.2 Å². The smallest absolute Gasteiger partial charge is 0.224 e. The lowest BCUT2D eigenvalue weighted by Gasteiger charge is -2.36. The second-order valence-corrected chi connectivity index (χ2v) is 8.25. The van der Waals surface area contributed by atoms with Crippen molar-refractivity contribution in [3.8, 4) is 11.4 Å². The summed E-state index contributed by atoms with van der Waals surface area (Å²) in [6.07, 6.45) is 0.972. The molecule has 0 spiro atoms. The molecule has 8 nitrogen and oxygen atoms in total. The molecule has 1 fully saturated rings. The Labute approximate surface area is 193 Å². The first-order valence-corrected chi connectivity index (χ1v) is 11.4. The first-order chi connectivity index (χ1) is 15.6. The van der Waals surface area contributed by atoms with Gasteiger partial charge in [-0.2, -0.15) is 4.80 Å². The SMILES string of the molecule is CCN1CCN(c2ccc(Cl)cc2NC(=O)CCCn2nnc(-c3ccccc3)n2)CC1. The molecule has 168 valence electrons. The van der Waals surface area contributed by atoms with Crippen molar-refractivity contribution in [2.45, 2.75) is 26.3 Å². The minimum Gasteiger partial charge on any atom is -0.367 e. The van der Waals surface area contributed by atoms with Crippen LogP contribution in [0.1, 0.15) is 19.8 Å². The maximum absolute atomic E-state index is 12.6. The first-order valence-electron chi connectivity index (χ1n) is 11.0. The number of carbonyl (C=O) groups is 1. The van der Waals surface area contributed by atoms with Gasteiger partial charge in [-0.3, -0.25) is 4.79 Å². The Morgan fingerprint density at radius 2 is 1.88 bits per heavy atom. The van der Waals surface area contributed by atoms with E-state index < -0.39 is 0 Å². The molecule has 0 bridgehead atoms. The average Bonchev–Trinajstić information content (AvgIpc) is 3.29. The number of halogens is 1. The molecule has 0 unspecified atom stereocenters. The third-order valence-electron chi connectivity index (χ3n) is 5.64. The summed E-state index contributed by atoms with van der Waals surface area (Å²) in [5.74, 6) is 0.533. The number of aryl methyl sites for hydroxylation is 1. The van der Waals surface area contributed by atoms with E-state index in [2.05, 4.69) is 37.5 Å². The van der Waals surface area contributed by atoms with Crippen molar-refractivity contribution in [3.63, 3.8) is 0 Å². The number of aromatic nitrogens is 4. The van der Waals surface area contributed by atoms with Gasteiger partial charge >= 0.3 is 0 Å². The average molecular weight is 454 g/mol. The molecule has 0 aliphatic carbocycles. The predicted octanol–water partition coefficient (Wildman–Crippen LogP) is 3.55. The van der Waals surface area contributed by atoms with Crippen LogP contribution in [0.4, 0.5) is 11.4 Å². The van der Waals surface area contributed by atoms with Gasteiger partial charge in [0.05, 0.1) is 17.9 Å². The lowest BCUT2D eigenvalue weighted by Crippen LogP contribution is -2.46. The minimum absolute atomic E-state index is 0.0518. The molecule has 1 aliphatic rings. The maximum Gasteiger partial charge on any atom is 0.224 e. The van der Waals surface area contributed by atoms with Crippen LogP contribution < -0.4 is 10.2 Å². The van der Waals surface area contributed by atoms with Crippen LogP contribution in [0.3, 0.4) is 0 Å². The summed E-state index contributed by atoms with van der Waals surface area (Å²) < 4.78 is 0. The Bertz CT molecular complexity index is 1030. The lowest BCUT2D eigenvalue weighted by molar-refractivity contribution is -0.116. The zero-order valence-electron chi connectivity index (χ0n) is 18.2. The van der Waals surface area contributed by atoms with Gasteiger partial charge in [-0.15, -0.1) is 10.2 Å². The predicted molar refractivity (Wildman–Crippen MR) is 127 cm³/mol. The normalized spacial score (nSPS) is 14.5. The highest BCUT2D eigenvalue weighted by atomic mass is 35.5. The van der Waals surface area contributed by atoms with Gasteiger partial charge in [-0.05, 0) is 36.4 Å². The first kappa shape index (κ1) is 22.2. The summed E-state index contributed by atoms with van der Waals surface area (Å²) in [4.78, 5) is 18.9. The van der Waals surface area contributed by atoms with E-state index in [1.165, 1.54) is 4.80 Å². The van der Waals surface area contributed by atoms with Gasteiger partial charge < -0.3 is 15.1 Å². The minimum atomic E-state index is -0.0518. The van der Waals surface area contributed by atoms with Crippen molar-refractivity contribution < 1.29 is 4.79 Å². The highest BCUT2D eigenvalue weighted by molar-refractivity contribution is 6.31. The van der Waals surface area contributed by atoms with E-state index in [9.17, 15) is 4.79 Å². The number of benzene rings is 2. The standard InChI is InChI=1S/C23H28ClN7O/c1-2-29-13-15-30(16-14-29)21-11-10-19(24)17-20(21)25-22(32)9-6-12-31-27-23(26-28-31)18-7-4-3-5-8-18/h3-5,7-8,10-11,17H,2,6,9,12-16H2,1H3,(H,25,32). The second kappa shape index (κ2) is 10.6. The number of nitrogens with zero attached hydrogens (tertiary/aromatic N) is 6. The molecular formula is C23H28ClN7O. The summed E-state index contributed by atoms with van der Waals surface area (Å²) in [7, 11) is 0. The molecule has 0 atom stereocenters. The molecule has 2 aromatic carbocycles. The fourth-order valence-corrected chi connectivity index (χ4v) is 4.00. The summed E-state index contributed by atoms with van der Waals surface area (Å²) in [6, 6.07) is 15.4. The van der Waals surface area contributed by atoms with Gasteiger partial charge in [0.15, 0.2) is 0 Å². The van der Waals surface area contributed by atoms with E-state index in [1.54, 1.807) is 0 Å². The van der Waals surface area contributed by atoms with Crippen molar-refractivity contribution in [1.82, 2.24) is 25.1 Å². The molecule has 4 rings (SSSR count). The molecule has 1 aliphatic heterocycles. The van der Waals surface area contributed by atoms with E-state index in [1.807, 2.05) is 48.5 Å². The van der Waals surface area contributed by atoms with Crippen molar-refractivity contribution >= 4 is 28.9 Å². The summed E-state index contributed by atoms with van der Waals surface area (Å²) in [5.41, 5.74) is 2.70. The zero-order valence-corrected chi connectivity index (χ0v) is 19.0. The monoisotopic (exact) mass is 453 g/mol. The van der Waals surface area contributed by atoms with Crippen LogP contribution in [-0.2, 0) is 11.3 Å². The molecule has 3 aromatic rings. The van der Waals surface area contributed by atoms with Crippen molar-refractivity contribution in [1.29, 1.82) is 0 Å². The van der Waals surface area contributed by atoms with Gasteiger partial charge in [0.1, 0.15) is 0 Å². The molecule has 1 N–H and O–H groups in total. The third kappa shape index (κ3) is 5.63. The Balaban J connectivity index is 1.32. The van der Waals surface area contributed by atoms with Crippen molar-refractivity contribution in [2.24, 2.45) is 0 Å². The van der Waals surface area contributed by atoms with Crippen LogP contribution in [-0.4, -0.2) is 63.7 Å². The van der Waals surface area contributed by atoms with Crippen molar-refractivity contribution in [2.75, 3.05) is 42.9 Å². The molecule has 1 amide bonds. The van der Waals surface area contributed by atoms with Crippen LogP contribution in [0.5, 0.6) is 0 Å². The van der Waals surface area contributed by atoms with E-state index >= 15 is 0 Å².